The molecule has 138 valence electrons. The van der Waals surface area contributed by atoms with E-state index in [2.05, 4.69) is 25.4 Å². The second-order valence-corrected chi connectivity index (χ2v) is 6.92. The van der Waals surface area contributed by atoms with E-state index in [0.717, 1.165) is 5.82 Å². The fourth-order valence-electron chi connectivity index (χ4n) is 2.70. The predicted molar refractivity (Wildman–Crippen MR) is 98.5 cm³/mol. The molecular weight excluding hydrogens is 368 g/mol. The quantitative estimate of drug-likeness (QED) is 0.621. The van der Waals surface area contributed by atoms with Gasteiger partial charge in [-0.25, -0.2) is 19.6 Å². The van der Waals surface area contributed by atoms with Crippen LogP contribution in [0.5, 0.6) is 0 Å². The lowest BCUT2D eigenvalue weighted by Crippen LogP contribution is -2.52. The molecule has 1 fully saturated rings. The first-order chi connectivity index (χ1) is 13.1. The second kappa shape index (κ2) is 7.11. The molecule has 27 heavy (non-hydrogen) atoms. The maximum absolute atomic E-state index is 12.3. The van der Waals surface area contributed by atoms with Crippen molar-refractivity contribution in [2.45, 2.75) is 6.42 Å². The zero-order valence-electron chi connectivity index (χ0n) is 14.1. The van der Waals surface area contributed by atoms with Crippen molar-refractivity contribution in [3.8, 4) is 5.82 Å². The van der Waals surface area contributed by atoms with Crippen LogP contribution in [0.4, 0.5) is 10.9 Å². The Hall–Kier alpha value is -3.34. The number of rotatable bonds is 6. The molecule has 0 saturated carbocycles. The van der Waals surface area contributed by atoms with E-state index in [-0.39, 0.29) is 18.2 Å². The monoisotopic (exact) mass is 384 g/mol. The molecule has 1 saturated heterocycles. The Balaban J connectivity index is 1.34. The lowest BCUT2D eigenvalue weighted by Gasteiger charge is -2.38. The summed E-state index contributed by atoms with van der Waals surface area (Å²) in [5.74, 6) is 0.705. The number of hydrogen-bond donors (Lipinski definition) is 2. The first-order valence-electron chi connectivity index (χ1n) is 8.19. The molecule has 4 heterocycles. The molecule has 0 aliphatic carbocycles. The Morgan fingerprint density at radius 3 is 2.85 bits per heavy atom. The summed E-state index contributed by atoms with van der Waals surface area (Å²) in [4.78, 5) is 37.9. The molecule has 0 spiro atoms. The maximum atomic E-state index is 12.3. The number of nitrogens with two attached hydrogens (primary N) is 1. The molecule has 3 N–H and O–H groups in total. The third-order valence-electron chi connectivity index (χ3n) is 4.09. The number of anilines is 2. The lowest BCUT2D eigenvalue weighted by molar-refractivity contribution is -0.120. The SMILES string of the molecule is NC(=O)Cc1csc(NC(=O)C2CN(c3cc(-n4cccn4)ncn3)C2)n1. The van der Waals surface area contributed by atoms with E-state index in [4.69, 9.17) is 5.73 Å². The average Bonchev–Trinajstić information content (AvgIpc) is 3.25. The molecule has 0 unspecified atom stereocenters. The van der Waals surface area contributed by atoms with Crippen LogP contribution >= 0.6 is 11.3 Å². The van der Waals surface area contributed by atoms with Gasteiger partial charge in [-0.1, -0.05) is 0 Å². The van der Waals surface area contributed by atoms with E-state index in [1.807, 2.05) is 17.0 Å². The minimum Gasteiger partial charge on any atom is -0.369 e. The van der Waals surface area contributed by atoms with Crippen molar-refractivity contribution in [2.75, 3.05) is 23.3 Å². The van der Waals surface area contributed by atoms with Crippen molar-refractivity contribution >= 4 is 34.1 Å². The number of nitrogens with zero attached hydrogens (tertiary/aromatic N) is 6. The van der Waals surface area contributed by atoms with Crippen LogP contribution in [-0.4, -0.2) is 49.6 Å². The highest BCUT2D eigenvalue weighted by atomic mass is 32.1. The van der Waals surface area contributed by atoms with Crippen LogP contribution in [0.2, 0.25) is 0 Å². The minimum absolute atomic E-state index is 0.0654. The fourth-order valence-corrected chi connectivity index (χ4v) is 3.42. The second-order valence-electron chi connectivity index (χ2n) is 6.06. The van der Waals surface area contributed by atoms with Crippen LogP contribution in [0.25, 0.3) is 5.82 Å². The molecule has 0 aromatic carbocycles. The van der Waals surface area contributed by atoms with Crippen LogP contribution in [0, 0.1) is 5.92 Å². The third-order valence-corrected chi connectivity index (χ3v) is 4.90. The molecule has 11 heteroatoms. The number of primary amides is 1. The molecule has 3 aromatic rings. The van der Waals surface area contributed by atoms with Crippen molar-refractivity contribution in [3.63, 3.8) is 0 Å². The Bertz CT molecular complexity index is 964. The number of thiazole rings is 1. The fraction of sp³-hybridized carbons (Fsp3) is 0.250. The van der Waals surface area contributed by atoms with Gasteiger partial charge in [-0.3, -0.25) is 9.59 Å². The first-order valence-corrected chi connectivity index (χ1v) is 9.07. The number of amides is 2. The molecule has 4 rings (SSSR count). The van der Waals surface area contributed by atoms with Crippen molar-refractivity contribution in [1.82, 2.24) is 24.7 Å². The molecule has 3 aromatic heterocycles. The Labute approximate surface area is 158 Å². The minimum atomic E-state index is -0.452. The summed E-state index contributed by atoms with van der Waals surface area (Å²) in [7, 11) is 0. The van der Waals surface area contributed by atoms with E-state index in [9.17, 15) is 9.59 Å². The Morgan fingerprint density at radius 2 is 2.11 bits per heavy atom. The van der Waals surface area contributed by atoms with E-state index >= 15 is 0 Å². The summed E-state index contributed by atoms with van der Waals surface area (Å²) >= 11 is 1.27. The van der Waals surface area contributed by atoms with Gasteiger partial charge in [-0.05, 0) is 6.07 Å². The summed E-state index contributed by atoms with van der Waals surface area (Å²) < 4.78 is 1.65. The zero-order valence-corrected chi connectivity index (χ0v) is 15.0. The van der Waals surface area contributed by atoms with Gasteiger partial charge in [-0.15, -0.1) is 11.3 Å². The maximum Gasteiger partial charge on any atom is 0.232 e. The van der Waals surface area contributed by atoms with Crippen molar-refractivity contribution < 1.29 is 9.59 Å². The molecular formula is C16H16N8O2S. The van der Waals surface area contributed by atoms with Gasteiger partial charge in [0.2, 0.25) is 11.8 Å². The summed E-state index contributed by atoms with van der Waals surface area (Å²) in [6, 6.07) is 3.65. The molecule has 1 aliphatic heterocycles. The summed E-state index contributed by atoms with van der Waals surface area (Å²) in [5, 5.41) is 9.12. The highest BCUT2D eigenvalue weighted by Crippen LogP contribution is 2.25. The van der Waals surface area contributed by atoms with E-state index in [1.54, 1.807) is 22.5 Å². The van der Waals surface area contributed by atoms with Gasteiger partial charge in [0.25, 0.3) is 0 Å². The van der Waals surface area contributed by atoms with Gasteiger partial charge in [0, 0.05) is 36.9 Å². The highest BCUT2D eigenvalue weighted by Gasteiger charge is 2.34. The molecule has 10 nitrogen and oxygen atoms in total. The number of nitrogens with one attached hydrogen (secondary N) is 1. The standard InChI is InChI=1S/C16H16N8O2S/c17-12(25)4-11-8-27-16(21-11)22-15(26)10-6-23(7-10)13-5-14(19-9-18-13)24-3-1-2-20-24/h1-3,5,8-10H,4,6-7H2,(H2,17,25)(H,21,22,26). The molecule has 0 bridgehead atoms. The van der Waals surface area contributed by atoms with Gasteiger partial charge in [0.05, 0.1) is 18.0 Å². The molecule has 0 radical (unpaired) electrons. The topological polar surface area (TPSA) is 132 Å². The van der Waals surface area contributed by atoms with Crippen LogP contribution < -0.4 is 16.0 Å². The van der Waals surface area contributed by atoms with Gasteiger partial charge in [0.15, 0.2) is 10.9 Å². The van der Waals surface area contributed by atoms with Gasteiger partial charge >= 0.3 is 0 Å². The lowest BCUT2D eigenvalue weighted by atomic mass is 9.99. The van der Waals surface area contributed by atoms with Crippen molar-refractivity contribution in [3.05, 3.63) is 41.9 Å². The summed E-state index contributed by atoms with van der Waals surface area (Å²) in [6.45, 7) is 1.11. The van der Waals surface area contributed by atoms with Gasteiger partial charge < -0.3 is 16.0 Å². The largest absolute Gasteiger partial charge is 0.369 e. The number of carbonyl (C=O) groups is 2. The van der Waals surface area contributed by atoms with Crippen molar-refractivity contribution in [1.29, 1.82) is 0 Å². The summed E-state index contributed by atoms with van der Waals surface area (Å²) in [5.41, 5.74) is 5.70. The number of aromatic nitrogens is 5. The Morgan fingerprint density at radius 1 is 1.30 bits per heavy atom. The van der Waals surface area contributed by atoms with Gasteiger partial charge in [0.1, 0.15) is 12.1 Å². The van der Waals surface area contributed by atoms with Crippen molar-refractivity contribution in [2.24, 2.45) is 11.7 Å². The van der Waals surface area contributed by atoms with Crippen LogP contribution in [0.15, 0.2) is 36.2 Å². The van der Waals surface area contributed by atoms with Crippen LogP contribution in [-0.2, 0) is 16.0 Å². The summed E-state index contributed by atoms with van der Waals surface area (Å²) in [6.07, 6.45) is 5.03. The highest BCUT2D eigenvalue weighted by molar-refractivity contribution is 7.13. The van der Waals surface area contributed by atoms with Crippen LogP contribution in [0.1, 0.15) is 5.69 Å². The smallest absolute Gasteiger partial charge is 0.232 e. The van der Waals surface area contributed by atoms with E-state index in [1.165, 1.54) is 17.7 Å². The normalized spacial score (nSPS) is 14.0. The first kappa shape index (κ1) is 17.1. The van der Waals surface area contributed by atoms with E-state index in [0.29, 0.717) is 29.7 Å². The van der Waals surface area contributed by atoms with E-state index < -0.39 is 5.91 Å². The third kappa shape index (κ3) is 3.77. The average molecular weight is 384 g/mol. The van der Waals surface area contributed by atoms with Gasteiger partial charge in [-0.2, -0.15) is 5.10 Å². The Kier molecular flexibility index (Phi) is 4.50. The zero-order chi connectivity index (χ0) is 18.8. The molecule has 1 aliphatic rings. The van der Waals surface area contributed by atoms with Crippen LogP contribution in [0.3, 0.4) is 0 Å². The predicted octanol–water partition coefficient (Wildman–Crippen LogP) is 0.221. The molecule has 2 amide bonds. The number of carbonyl (C=O) groups excluding carboxylic acids is 2. The molecule has 0 atom stereocenters. The number of hydrogen-bond acceptors (Lipinski definition) is 8.